The van der Waals surface area contributed by atoms with Gasteiger partial charge in [-0.3, -0.25) is 0 Å². The second-order valence-corrected chi connectivity index (χ2v) is 5.09. The van der Waals surface area contributed by atoms with E-state index in [1.165, 1.54) is 24.5 Å². The molecule has 1 atom stereocenters. The van der Waals surface area contributed by atoms with Crippen LogP contribution in [-0.2, 0) is 0 Å². The van der Waals surface area contributed by atoms with E-state index in [1.807, 2.05) is 18.2 Å². The standard InChI is InChI=1S/C17H15FN2/c18-15-7-3-4-8-16(15)20-17(11-19)14-6-2-1-5-13(14)12-9-10-12/h1-8,12,17,20H,9-10H2. The number of benzene rings is 2. The monoisotopic (exact) mass is 266 g/mol. The second kappa shape index (κ2) is 5.34. The Bertz CT molecular complexity index is 656. The third-order valence-electron chi connectivity index (χ3n) is 3.63. The predicted octanol–water partition coefficient (Wildman–Crippen LogP) is 4.38. The minimum atomic E-state index is -0.524. The van der Waals surface area contributed by atoms with E-state index in [4.69, 9.17) is 0 Å². The molecule has 0 aromatic heterocycles. The number of hydrogen-bond acceptors (Lipinski definition) is 2. The average molecular weight is 266 g/mol. The molecule has 3 heteroatoms. The van der Waals surface area contributed by atoms with Gasteiger partial charge in [-0.05, 0) is 42.0 Å². The van der Waals surface area contributed by atoms with Crippen LogP contribution in [0.2, 0.25) is 0 Å². The number of para-hydroxylation sites is 1. The van der Waals surface area contributed by atoms with Crippen LogP contribution in [0.4, 0.5) is 10.1 Å². The van der Waals surface area contributed by atoms with Gasteiger partial charge in [0.2, 0.25) is 0 Å². The predicted molar refractivity (Wildman–Crippen MR) is 76.8 cm³/mol. The lowest BCUT2D eigenvalue weighted by Crippen LogP contribution is -2.11. The van der Waals surface area contributed by atoms with Crippen LogP contribution in [0.5, 0.6) is 0 Å². The summed E-state index contributed by atoms with van der Waals surface area (Å²) in [5.41, 5.74) is 2.54. The molecule has 1 fully saturated rings. The fourth-order valence-corrected chi connectivity index (χ4v) is 2.45. The number of nitrogens with one attached hydrogen (secondary N) is 1. The van der Waals surface area contributed by atoms with Gasteiger partial charge in [0.05, 0.1) is 11.8 Å². The van der Waals surface area contributed by atoms with E-state index in [0.717, 1.165) is 5.56 Å². The summed E-state index contributed by atoms with van der Waals surface area (Å²) in [6.45, 7) is 0. The first-order valence-corrected chi connectivity index (χ1v) is 6.79. The Hall–Kier alpha value is -2.34. The van der Waals surface area contributed by atoms with E-state index in [9.17, 15) is 9.65 Å². The van der Waals surface area contributed by atoms with Crippen molar-refractivity contribution in [3.05, 3.63) is 65.5 Å². The zero-order valence-electron chi connectivity index (χ0n) is 11.0. The molecule has 1 N–H and O–H groups in total. The lowest BCUT2D eigenvalue weighted by Gasteiger charge is -2.17. The molecule has 20 heavy (non-hydrogen) atoms. The fourth-order valence-electron chi connectivity index (χ4n) is 2.45. The van der Waals surface area contributed by atoms with Gasteiger partial charge in [-0.1, -0.05) is 36.4 Å². The molecule has 0 spiro atoms. The zero-order valence-corrected chi connectivity index (χ0v) is 11.0. The molecule has 1 saturated carbocycles. The summed E-state index contributed by atoms with van der Waals surface area (Å²) in [4.78, 5) is 0. The van der Waals surface area contributed by atoms with E-state index in [-0.39, 0.29) is 5.82 Å². The van der Waals surface area contributed by atoms with Gasteiger partial charge in [0.1, 0.15) is 11.9 Å². The van der Waals surface area contributed by atoms with Crippen LogP contribution >= 0.6 is 0 Å². The maximum Gasteiger partial charge on any atom is 0.146 e. The lowest BCUT2D eigenvalue weighted by atomic mass is 9.97. The largest absolute Gasteiger partial charge is 0.364 e. The molecular formula is C17H15FN2. The minimum Gasteiger partial charge on any atom is -0.364 e. The molecule has 2 aromatic rings. The maximum atomic E-state index is 13.7. The molecule has 1 aliphatic carbocycles. The molecular weight excluding hydrogens is 251 g/mol. The van der Waals surface area contributed by atoms with Crippen molar-refractivity contribution in [2.24, 2.45) is 0 Å². The highest BCUT2D eigenvalue weighted by atomic mass is 19.1. The SMILES string of the molecule is N#CC(Nc1ccccc1F)c1ccccc1C1CC1. The van der Waals surface area contributed by atoms with Gasteiger partial charge >= 0.3 is 0 Å². The fraction of sp³-hybridized carbons (Fsp3) is 0.235. The molecule has 3 rings (SSSR count). The summed E-state index contributed by atoms with van der Waals surface area (Å²) in [6.07, 6.45) is 2.35. The first kappa shape index (κ1) is 12.7. The summed E-state index contributed by atoms with van der Waals surface area (Å²) in [7, 11) is 0. The van der Waals surface area contributed by atoms with Crippen molar-refractivity contribution >= 4 is 5.69 Å². The first-order valence-electron chi connectivity index (χ1n) is 6.79. The third kappa shape index (κ3) is 2.50. The van der Waals surface area contributed by atoms with Crippen molar-refractivity contribution in [3.63, 3.8) is 0 Å². The summed E-state index contributed by atoms with van der Waals surface area (Å²) >= 11 is 0. The Morgan fingerprint density at radius 2 is 1.80 bits per heavy atom. The molecule has 0 bridgehead atoms. The van der Waals surface area contributed by atoms with Crippen molar-refractivity contribution in [1.29, 1.82) is 5.26 Å². The number of anilines is 1. The highest BCUT2D eigenvalue weighted by molar-refractivity contribution is 5.50. The van der Waals surface area contributed by atoms with Crippen molar-refractivity contribution in [1.82, 2.24) is 0 Å². The van der Waals surface area contributed by atoms with Gasteiger partial charge in [0, 0.05) is 0 Å². The highest BCUT2D eigenvalue weighted by Gasteiger charge is 2.28. The third-order valence-corrected chi connectivity index (χ3v) is 3.63. The van der Waals surface area contributed by atoms with Crippen LogP contribution in [0.3, 0.4) is 0 Å². The lowest BCUT2D eigenvalue weighted by molar-refractivity contribution is 0.629. The number of hydrogen-bond donors (Lipinski definition) is 1. The van der Waals surface area contributed by atoms with E-state index < -0.39 is 6.04 Å². The van der Waals surface area contributed by atoms with E-state index in [0.29, 0.717) is 11.6 Å². The topological polar surface area (TPSA) is 35.8 Å². The van der Waals surface area contributed by atoms with Crippen molar-refractivity contribution in [2.75, 3.05) is 5.32 Å². The Kier molecular flexibility index (Phi) is 3.39. The molecule has 2 aromatic carbocycles. The molecule has 0 saturated heterocycles. The van der Waals surface area contributed by atoms with Crippen LogP contribution in [0.25, 0.3) is 0 Å². The van der Waals surface area contributed by atoms with Gasteiger partial charge in [0.25, 0.3) is 0 Å². The maximum absolute atomic E-state index is 13.7. The van der Waals surface area contributed by atoms with Crippen molar-refractivity contribution < 1.29 is 4.39 Å². The molecule has 2 nitrogen and oxygen atoms in total. The Balaban J connectivity index is 1.91. The highest BCUT2D eigenvalue weighted by Crippen LogP contribution is 2.43. The van der Waals surface area contributed by atoms with E-state index in [1.54, 1.807) is 18.2 Å². The number of halogens is 1. The Morgan fingerprint density at radius 1 is 1.10 bits per heavy atom. The molecule has 0 aliphatic heterocycles. The molecule has 0 heterocycles. The van der Waals surface area contributed by atoms with Gasteiger partial charge in [-0.2, -0.15) is 5.26 Å². The van der Waals surface area contributed by atoms with Gasteiger partial charge in [-0.15, -0.1) is 0 Å². The van der Waals surface area contributed by atoms with Crippen LogP contribution in [0.15, 0.2) is 48.5 Å². The number of rotatable bonds is 4. The van der Waals surface area contributed by atoms with Crippen molar-refractivity contribution in [2.45, 2.75) is 24.8 Å². The van der Waals surface area contributed by atoms with Crippen LogP contribution in [0.1, 0.15) is 35.9 Å². The van der Waals surface area contributed by atoms with Crippen LogP contribution < -0.4 is 5.32 Å². The summed E-state index contributed by atoms with van der Waals surface area (Å²) < 4.78 is 13.7. The molecule has 1 aliphatic rings. The molecule has 100 valence electrons. The number of nitriles is 1. The summed E-state index contributed by atoms with van der Waals surface area (Å²) in [6, 6.07) is 16.1. The quantitative estimate of drug-likeness (QED) is 0.891. The van der Waals surface area contributed by atoms with Crippen molar-refractivity contribution in [3.8, 4) is 6.07 Å². The minimum absolute atomic E-state index is 0.336. The summed E-state index contributed by atoms with van der Waals surface area (Å²) in [5, 5.41) is 12.4. The van der Waals surface area contributed by atoms with Crippen LogP contribution in [-0.4, -0.2) is 0 Å². The first-order chi connectivity index (χ1) is 9.79. The van der Waals surface area contributed by atoms with Gasteiger partial charge < -0.3 is 5.32 Å². The zero-order chi connectivity index (χ0) is 13.9. The molecule has 0 amide bonds. The Morgan fingerprint density at radius 3 is 2.50 bits per heavy atom. The van der Waals surface area contributed by atoms with Gasteiger partial charge in [0.15, 0.2) is 0 Å². The average Bonchev–Trinajstić information content (AvgIpc) is 3.31. The smallest absolute Gasteiger partial charge is 0.146 e. The molecule has 0 radical (unpaired) electrons. The number of nitrogens with zero attached hydrogens (tertiary/aromatic N) is 1. The Labute approximate surface area is 117 Å². The second-order valence-electron chi connectivity index (χ2n) is 5.09. The molecule has 1 unspecified atom stereocenters. The van der Waals surface area contributed by atoms with E-state index >= 15 is 0 Å². The summed E-state index contributed by atoms with van der Waals surface area (Å²) in [5.74, 6) is 0.223. The van der Waals surface area contributed by atoms with E-state index in [2.05, 4.69) is 17.5 Å². The normalized spacial score (nSPS) is 15.4. The van der Waals surface area contributed by atoms with Crippen LogP contribution in [0, 0.1) is 17.1 Å². The van der Waals surface area contributed by atoms with Gasteiger partial charge in [-0.25, -0.2) is 4.39 Å².